The van der Waals surface area contributed by atoms with Crippen molar-refractivity contribution in [2.45, 2.75) is 89.9 Å². The Bertz CT molecular complexity index is 172. The minimum atomic E-state index is 0.829. The van der Waals surface area contributed by atoms with Crippen LogP contribution in [0.5, 0.6) is 0 Å². The van der Waals surface area contributed by atoms with Gasteiger partial charge in [0.05, 0.1) is 0 Å². The molecule has 0 amide bonds. The maximum absolute atomic E-state index is 5.65. The zero-order chi connectivity index (χ0) is 14.7. The predicted octanol–water partition coefficient (Wildman–Crippen LogP) is 6.20. The molecule has 0 aliphatic carbocycles. The van der Waals surface area contributed by atoms with Crippen molar-refractivity contribution in [1.29, 1.82) is 0 Å². The summed E-state index contributed by atoms with van der Waals surface area (Å²) < 4.78 is 0. The summed E-state index contributed by atoms with van der Waals surface area (Å²) >= 11 is 5.65. The van der Waals surface area contributed by atoms with E-state index >= 15 is 0 Å². The number of hydrogen-bond donors (Lipinski definition) is 1. The summed E-state index contributed by atoms with van der Waals surface area (Å²) in [6.07, 6.45) is 23.3. The van der Waals surface area contributed by atoms with Gasteiger partial charge in [-0.1, -0.05) is 63.5 Å². The number of halogens is 1. The highest BCUT2D eigenvalue weighted by Crippen LogP contribution is 2.09. The first kappa shape index (κ1) is 20.0. The molecule has 0 bridgehead atoms. The molecule has 0 aliphatic heterocycles. The van der Waals surface area contributed by atoms with Crippen LogP contribution in [0.3, 0.4) is 0 Å². The van der Waals surface area contributed by atoms with Gasteiger partial charge in [-0.15, -0.1) is 11.6 Å². The van der Waals surface area contributed by atoms with Crippen molar-refractivity contribution in [2.75, 3.05) is 12.4 Å². The van der Waals surface area contributed by atoms with Crippen molar-refractivity contribution in [3.05, 3.63) is 12.2 Å². The van der Waals surface area contributed by atoms with Crippen LogP contribution in [-0.4, -0.2) is 12.4 Å². The normalized spacial score (nSPS) is 11.5. The zero-order valence-electron chi connectivity index (χ0n) is 13.4. The summed E-state index contributed by atoms with van der Waals surface area (Å²) in [5.74, 6) is 0.829. The Morgan fingerprint density at radius 1 is 0.550 bits per heavy atom. The number of unbranched alkanes of at least 4 members (excludes halogenated alkanes) is 12. The molecule has 0 saturated carbocycles. The minimum Gasteiger partial charge on any atom is -0.330 e. The van der Waals surface area contributed by atoms with Crippen molar-refractivity contribution in [1.82, 2.24) is 0 Å². The molecule has 0 aromatic rings. The minimum absolute atomic E-state index is 0.829. The maximum Gasteiger partial charge on any atom is 0.0223 e. The van der Waals surface area contributed by atoms with Crippen LogP contribution in [0.1, 0.15) is 89.9 Å². The van der Waals surface area contributed by atoms with E-state index in [0.717, 1.165) is 12.4 Å². The summed E-state index contributed by atoms with van der Waals surface area (Å²) in [4.78, 5) is 0. The van der Waals surface area contributed by atoms with Gasteiger partial charge in [-0.2, -0.15) is 0 Å². The molecule has 120 valence electrons. The lowest BCUT2D eigenvalue weighted by atomic mass is 10.1. The van der Waals surface area contributed by atoms with Crippen LogP contribution in [-0.2, 0) is 0 Å². The smallest absolute Gasteiger partial charge is 0.0223 e. The van der Waals surface area contributed by atoms with Gasteiger partial charge in [-0.25, -0.2) is 0 Å². The Balaban J connectivity index is 3.01. The van der Waals surface area contributed by atoms with Crippen molar-refractivity contribution in [3.63, 3.8) is 0 Å². The first-order valence-corrected chi connectivity index (χ1v) is 9.36. The van der Waals surface area contributed by atoms with Crippen molar-refractivity contribution < 1.29 is 0 Å². The van der Waals surface area contributed by atoms with Crippen LogP contribution in [0.2, 0.25) is 0 Å². The predicted molar refractivity (Wildman–Crippen MR) is 93.6 cm³/mol. The number of alkyl halides is 1. The monoisotopic (exact) mass is 301 g/mol. The second-order valence-electron chi connectivity index (χ2n) is 5.77. The molecule has 0 heterocycles. The Hall–Kier alpha value is -0.0100. The van der Waals surface area contributed by atoms with Gasteiger partial charge in [0.15, 0.2) is 0 Å². The Morgan fingerprint density at radius 2 is 0.950 bits per heavy atom. The van der Waals surface area contributed by atoms with Crippen LogP contribution < -0.4 is 5.73 Å². The fourth-order valence-electron chi connectivity index (χ4n) is 2.41. The van der Waals surface area contributed by atoms with Gasteiger partial charge in [-0.3, -0.25) is 0 Å². The molecule has 0 aromatic heterocycles. The Kier molecular flexibility index (Phi) is 19.0. The lowest BCUT2D eigenvalue weighted by Crippen LogP contribution is -1.97. The summed E-state index contributed by atoms with van der Waals surface area (Å²) in [5, 5.41) is 0. The number of rotatable bonds is 16. The number of nitrogens with two attached hydrogens (primary N) is 1. The summed E-state index contributed by atoms with van der Waals surface area (Å²) in [7, 11) is 0. The van der Waals surface area contributed by atoms with E-state index in [0.29, 0.717) is 0 Å². The lowest BCUT2D eigenvalue weighted by molar-refractivity contribution is 0.599. The van der Waals surface area contributed by atoms with Gasteiger partial charge < -0.3 is 5.73 Å². The van der Waals surface area contributed by atoms with Gasteiger partial charge >= 0.3 is 0 Å². The highest BCUT2D eigenvalue weighted by atomic mass is 35.5. The van der Waals surface area contributed by atoms with E-state index in [2.05, 4.69) is 12.2 Å². The SMILES string of the molecule is NCCCCCCCC/C=C\CCCCCCCCCl. The van der Waals surface area contributed by atoms with E-state index in [1.807, 2.05) is 0 Å². The van der Waals surface area contributed by atoms with Crippen LogP contribution in [0, 0.1) is 0 Å². The van der Waals surface area contributed by atoms with E-state index in [1.165, 1.54) is 89.9 Å². The molecule has 20 heavy (non-hydrogen) atoms. The van der Waals surface area contributed by atoms with E-state index in [1.54, 1.807) is 0 Å². The van der Waals surface area contributed by atoms with E-state index in [4.69, 9.17) is 17.3 Å². The molecular weight excluding hydrogens is 266 g/mol. The molecule has 2 heteroatoms. The Morgan fingerprint density at radius 3 is 1.40 bits per heavy atom. The third kappa shape index (κ3) is 18.0. The van der Waals surface area contributed by atoms with Crippen molar-refractivity contribution in [3.8, 4) is 0 Å². The third-order valence-electron chi connectivity index (χ3n) is 3.75. The first-order valence-electron chi connectivity index (χ1n) is 8.83. The van der Waals surface area contributed by atoms with Crippen LogP contribution in [0.15, 0.2) is 12.2 Å². The second kappa shape index (κ2) is 19.0. The standard InChI is InChI=1S/C18H36ClN/c19-17-15-13-11-9-7-5-3-1-2-4-6-8-10-12-14-16-18-20/h1-2H,3-18,20H2/b2-1-. The molecule has 1 nitrogen and oxygen atoms in total. The van der Waals surface area contributed by atoms with Gasteiger partial charge in [0.25, 0.3) is 0 Å². The molecule has 0 aliphatic rings. The zero-order valence-corrected chi connectivity index (χ0v) is 14.2. The third-order valence-corrected chi connectivity index (χ3v) is 4.01. The topological polar surface area (TPSA) is 26.0 Å². The highest BCUT2D eigenvalue weighted by molar-refractivity contribution is 6.17. The maximum atomic E-state index is 5.65. The molecule has 0 radical (unpaired) electrons. The van der Waals surface area contributed by atoms with Crippen LogP contribution in [0.25, 0.3) is 0 Å². The van der Waals surface area contributed by atoms with Crippen LogP contribution in [0.4, 0.5) is 0 Å². The molecule has 0 saturated heterocycles. The first-order chi connectivity index (χ1) is 9.91. The molecule has 0 rings (SSSR count). The largest absolute Gasteiger partial charge is 0.330 e. The summed E-state index contributed by atoms with van der Waals surface area (Å²) in [6.45, 7) is 0.857. The number of hydrogen-bond acceptors (Lipinski definition) is 1. The molecule has 2 N–H and O–H groups in total. The Labute approximate surface area is 132 Å². The highest BCUT2D eigenvalue weighted by Gasteiger charge is 1.91. The molecule has 0 atom stereocenters. The fraction of sp³-hybridized carbons (Fsp3) is 0.889. The number of allylic oxidation sites excluding steroid dienone is 2. The van der Waals surface area contributed by atoms with E-state index in [9.17, 15) is 0 Å². The molecule has 0 aromatic carbocycles. The van der Waals surface area contributed by atoms with Crippen molar-refractivity contribution in [2.24, 2.45) is 5.73 Å². The average Bonchev–Trinajstić information content (AvgIpc) is 2.47. The lowest BCUT2D eigenvalue weighted by Gasteiger charge is -1.99. The van der Waals surface area contributed by atoms with Gasteiger partial charge in [0.1, 0.15) is 0 Å². The van der Waals surface area contributed by atoms with Gasteiger partial charge in [0.2, 0.25) is 0 Å². The second-order valence-corrected chi connectivity index (χ2v) is 6.15. The van der Waals surface area contributed by atoms with Crippen LogP contribution >= 0.6 is 11.6 Å². The quantitative estimate of drug-likeness (QED) is 0.205. The van der Waals surface area contributed by atoms with Crippen molar-refractivity contribution >= 4 is 11.6 Å². The van der Waals surface area contributed by atoms with Gasteiger partial charge in [0, 0.05) is 5.88 Å². The molecule has 0 spiro atoms. The molecular formula is C18H36ClN. The molecule has 0 unspecified atom stereocenters. The van der Waals surface area contributed by atoms with Gasteiger partial charge in [-0.05, 0) is 45.1 Å². The summed E-state index contributed by atoms with van der Waals surface area (Å²) in [5.41, 5.74) is 5.47. The molecule has 0 fully saturated rings. The van der Waals surface area contributed by atoms with E-state index in [-0.39, 0.29) is 0 Å². The fourth-order valence-corrected chi connectivity index (χ4v) is 2.60. The average molecular weight is 302 g/mol. The summed E-state index contributed by atoms with van der Waals surface area (Å²) in [6, 6.07) is 0. The van der Waals surface area contributed by atoms with E-state index < -0.39 is 0 Å².